The highest BCUT2D eigenvalue weighted by atomic mass is 35.5. The molecule has 0 aromatic heterocycles. The number of hydrogen-bond acceptors (Lipinski definition) is 5. The maximum Gasteiger partial charge on any atom is 0.231 e. The Morgan fingerprint density at radius 2 is 1.74 bits per heavy atom. The van der Waals surface area contributed by atoms with Gasteiger partial charge in [0.15, 0.2) is 11.5 Å². The van der Waals surface area contributed by atoms with Gasteiger partial charge in [-0.2, -0.15) is 0 Å². The second kappa shape index (κ2) is 8.62. The Morgan fingerprint density at radius 1 is 1.00 bits per heavy atom. The summed E-state index contributed by atoms with van der Waals surface area (Å²) in [5.74, 6) is 2.37. The Labute approximate surface area is 141 Å². The van der Waals surface area contributed by atoms with Crippen molar-refractivity contribution in [2.75, 3.05) is 19.9 Å². The molecule has 6 heteroatoms. The van der Waals surface area contributed by atoms with Crippen LogP contribution >= 0.6 is 12.4 Å². The summed E-state index contributed by atoms with van der Waals surface area (Å²) in [6.45, 7) is 2.26. The van der Waals surface area contributed by atoms with Crippen LogP contribution in [0.5, 0.6) is 17.2 Å². The van der Waals surface area contributed by atoms with Gasteiger partial charge in [-0.3, -0.25) is 0 Å². The van der Waals surface area contributed by atoms with Crippen LogP contribution in [0.4, 0.5) is 0 Å². The maximum absolute atomic E-state index is 8.73. The lowest BCUT2D eigenvalue weighted by Crippen LogP contribution is -2.17. The summed E-state index contributed by atoms with van der Waals surface area (Å²) in [6, 6.07) is 13.7. The van der Waals surface area contributed by atoms with Gasteiger partial charge in [0.2, 0.25) is 6.79 Å². The lowest BCUT2D eigenvalue weighted by atomic mass is 10.2. The largest absolute Gasteiger partial charge is 0.489 e. The van der Waals surface area contributed by atoms with E-state index in [1.165, 1.54) is 0 Å². The minimum Gasteiger partial charge on any atom is -0.489 e. The van der Waals surface area contributed by atoms with Crippen LogP contribution in [0.1, 0.15) is 11.1 Å². The molecule has 0 saturated carbocycles. The molecule has 0 bridgehead atoms. The molecule has 1 aliphatic heterocycles. The summed E-state index contributed by atoms with van der Waals surface area (Å²) >= 11 is 0. The van der Waals surface area contributed by atoms with Crippen molar-refractivity contribution in [1.29, 1.82) is 0 Å². The first kappa shape index (κ1) is 17.4. The number of rotatable bonds is 7. The zero-order valence-corrected chi connectivity index (χ0v) is 13.5. The molecule has 23 heavy (non-hydrogen) atoms. The van der Waals surface area contributed by atoms with Crippen LogP contribution in [-0.4, -0.2) is 25.1 Å². The fourth-order valence-corrected chi connectivity index (χ4v) is 2.21. The molecular formula is C17H20ClNO4. The fourth-order valence-electron chi connectivity index (χ4n) is 2.21. The zero-order chi connectivity index (χ0) is 15.2. The van der Waals surface area contributed by atoms with Crippen LogP contribution < -0.4 is 19.5 Å². The third-order valence-corrected chi connectivity index (χ3v) is 3.38. The molecule has 3 rings (SSSR count). The van der Waals surface area contributed by atoms with Crippen LogP contribution in [0.15, 0.2) is 42.5 Å². The van der Waals surface area contributed by atoms with Crippen molar-refractivity contribution in [2.24, 2.45) is 0 Å². The fraction of sp³-hybridized carbons (Fsp3) is 0.294. The lowest BCUT2D eigenvalue weighted by Gasteiger charge is -2.08. The van der Waals surface area contributed by atoms with E-state index < -0.39 is 0 Å². The standard InChI is InChI=1S/C17H19NO4.ClH/c19-8-7-18-10-13-1-4-15(5-2-13)20-11-14-3-6-16-17(9-14)22-12-21-16;/h1-6,9,18-19H,7-8,10-12H2;1H. The topological polar surface area (TPSA) is 60.0 Å². The predicted molar refractivity (Wildman–Crippen MR) is 89.4 cm³/mol. The van der Waals surface area contributed by atoms with Gasteiger partial charge in [-0.1, -0.05) is 18.2 Å². The highest BCUT2D eigenvalue weighted by Gasteiger charge is 2.13. The molecule has 0 atom stereocenters. The van der Waals surface area contributed by atoms with Gasteiger partial charge in [0.25, 0.3) is 0 Å². The van der Waals surface area contributed by atoms with E-state index in [-0.39, 0.29) is 25.8 Å². The van der Waals surface area contributed by atoms with Crippen molar-refractivity contribution >= 4 is 12.4 Å². The second-order valence-corrected chi connectivity index (χ2v) is 5.02. The van der Waals surface area contributed by atoms with E-state index in [1.54, 1.807) is 0 Å². The van der Waals surface area contributed by atoms with E-state index in [2.05, 4.69) is 5.32 Å². The summed E-state index contributed by atoms with van der Waals surface area (Å²) in [6.07, 6.45) is 0. The van der Waals surface area contributed by atoms with Gasteiger partial charge in [-0.25, -0.2) is 0 Å². The molecule has 1 aliphatic rings. The summed E-state index contributed by atoms with van der Waals surface area (Å²) in [7, 11) is 0. The number of nitrogens with one attached hydrogen (secondary N) is 1. The molecule has 2 aromatic carbocycles. The Bertz CT molecular complexity index is 618. The van der Waals surface area contributed by atoms with Gasteiger partial charge >= 0.3 is 0 Å². The Balaban J connectivity index is 0.00000192. The zero-order valence-electron chi connectivity index (χ0n) is 12.7. The first-order valence-corrected chi connectivity index (χ1v) is 7.27. The highest BCUT2D eigenvalue weighted by molar-refractivity contribution is 5.85. The summed E-state index contributed by atoms with van der Waals surface area (Å²) < 4.78 is 16.4. The van der Waals surface area contributed by atoms with Gasteiger partial charge < -0.3 is 24.6 Å². The Morgan fingerprint density at radius 3 is 2.52 bits per heavy atom. The average molecular weight is 338 g/mol. The van der Waals surface area contributed by atoms with Crippen LogP contribution in [0.2, 0.25) is 0 Å². The number of aliphatic hydroxyl groups excluding tert-OH is 1. The van der Waals surface area contributed by atoms with Crippen molar-refractivity contribution in [2.45, 2.75) is 13.2 Å². The van der Waals surface area contributed by atoms with Gasteiger partial charge in [0.1, 0.15) is 12.4 Å². The molecule has 0 saturated heterocycles. The first-order chi connectivity index (χ1) is 10.8. The van der Waals surface area contributed by atoms with Gasteiger partial charge in [-0.05, 0) is 35.4 Å². The van der Waals surface area contributed by atoms with E-state index >= 15 is 0 Å². The van der Waals surface area contributed by atoms with Gasteiger partial charge in [-0.15, -0.1) is 12.4 Å². The molecule has 0 radical (unpaired) electrons. The second-order valence-electron chi connectivity index (χ2n) is 5.02. The van der Waals surface area contributed by atoms with Crippen molar-refractivity contribution in [1.82, 2.24) is 5.32 Å². The van der Waals surface area contributed by atoms with Crippen molar-refractivity contribution < 1.29 is 19.3 Å². The van der Waals surface area contributed by atoms with E-state index in [1.807, 2.05) is 42.5 Å². The summed E-state index contributed by atoms with van der Waals surface area (Å²) in [4.78, 5) is 0. The molecule has 2 N–H and O–H groups in total. The SMILES string of the molecule is Cl.OCCNCc1ccc(OCc2ccc3c(c2)OCO3)cc1. The highest BCUT2D eigenvalue weighted by Crippen LogP contribution is 2.32. The average Bonchev–Trinajstić information content (AvgIpc) is 3.02. The lowest BCUT2D eigenvalue weighted by molar-refractivity contribution is 0.174. The molecule has 0 amide bonds. The quantitative estimate of drug-likeness (QED) is 0.760. The molecule has 1 heterocycles. The number of aliphatic hydroxyl groups is 1. The number of fused-ring (bicyclic) bond motifs is 1. The molecular weight excluding hydrogens is 318 g/mol. The molecule has 0 unspecified atom stereocenters. The molecule has 0 fully saturated rings. The van der Waals surface area contributed by atoms with E-state index in [0.29, 0.717) is 13.2 Å². The molecule has 0 spiro atoms. The van der Waals surface area contributed by atoms with Crippen molar-refractivity contribution in [3.05, 3.63) is 53.6 Å². The van der Waals surface area contributed by atoms with E-state index in [0.717, 1.165) is 34.9 Å². The normalized spacial score (nSPS) is 11.9. The maximum atomic E-state index is 8.73. The smallest absolute Gasteiger partial charge is 0.231 e. The predicted octanol–water partition coefficient (Wildman–Crippen LogP) is 2.50. The van der Waals surface area contributed by atoms with Crippen LogP contribution in [0.25, 0.3) is 0 Å². The molecule has 5 nitrogen and oxygen atoms in total. The van der Waals surface area contributed by atoms with Crippen LogP contribution in [0.3, 0.4) is 0 Å². The number of benzene rings is 2. The van der Waals surface area contributed by atoms with Crippen molar-refractivity contribution in [3.63, 3.8) is 0 Å². The Hall–Kier alpha value is -1.95. The first-order valence-electron chi connectivity index (χ1n) is 7.27. The summed E-state index contributed by atoms with van der Waals surface area (Å²) in [5.41, 5.74) is 2.20. The minimum atomic E-state index is 0. The van der Waals surface area contributed by atoms with Gasteiger partial charge in [0.05, 0.1) is 6.61 Å². The monoisotopic (exact) mass is 337 g/mol. The van der Waals surface area contributed by atoms with Gasteiger partial charge in [0, 0.05) is 13.1 Å². The van der Waals surface area contributed by atoms with E-state index in [4.69, 9.17) is 19.3 Å². The molecule has 2 aromatic rings. The van der Waals surface area contributed by atoms with E-state index in [9.17, 15) is 0 Å². The number of ether oxygens (including phenoxy) is 3. The van der Waals surface area contributed by atoms with Crippen LogP contribution in [-0.2, 0) is 13.2 Å². The van der Waals surface area contributed by atoms with Crippen LogP contribution in [0, 0.1) is 0 Å². The number of halogens is 1. The molecule has 0 aliphatic carbocycles. The van der Waals surface area contributed by atoms with Crippen molar-refractivity contribution in [3.8, 4) is 17.2 Å². The number of hydrogen-bond donors (Lipinski definition) is 2. The summed E-state index contributed by atoms with van der Waals surface area (Å²) in [5, 5.41) is 11.9. The minimum absolute atomic E-state index is 0. The molecule has 124 valence electrons. The Kier molecular flexibility index (Phi) is 6.52. The third-order valence-electron chi connectivity index (χ3n) is 3.38. The third kappa shape index (κ3) is 4.76.